The van der Waals surface area contributed by atoms with Gasteiger partial charge in [-0.1, -0.05) is 17.7 Å². The third-order valence-corrected chi connectivity index (χ3v) is 1.66. The van der Waals surface area contributed by atoms with Crippen LogP contribution in [0, 0.1) is 12.3 Å². The SMILES string of the molecule is C#CCSc1cnccn1. The first-order valence-electron chi connectivity index (χ1n) is 2.76. The van der Waals surface area contributed by atoms with Gasteiger partial charge in [-0.2, -0.15) is 0 Å². The number of rotatable bonds is 2. The first kappa shape index (κ1) is 7.10. The van der Waals surface area contributed by atoms with Crippen LogP contribution in [0.4, 0.5) is 0 Å². The van der Waals surface area contributed by atoms with E-state index in [-0.39, 0.29) is 0 Å². The van der Waals surface area contributed by atoms with E-state index in [2.05, 4.69) is 15.9 Å². The van der Waals surface area contributed by atoms with E-state index in [0.717, 1.165) is 5.03 Å². The quantitative estimate of drug-likeness (QED) is 0.468. The molecule has 0 bridgehead atoms. The Labute approximate surface area is 64.1 Å². The smallest absolute Gasteiger partial charge is 0.115 e. The molecule has 0 aromatic carbocycles. The summed E-state index contributed by atoms with van der Waals surface area (Å²) in [5, 5.41) is 0.875. The van der Waals surface area contributed by atoms with Gasteiger partial charge in [0.2, 0.25) is 0 Å². The molecule has 1 aromatic rings. The summed E-state index contributed by atoms with van der Waals surface area (Å²) in [5.74, 6) is 3.16. The minimum Gasteiger partial charge on any atom is -0.260 e. The average molecular weight is 150 g/mol. The number of aromatic nitrogens is 2. The first-order valence-corrected chi connectivity index (χ1v) is 3.74. The molecule has 0 spiro atoms. The molecular weight excluding hydrogens is 144 g/mol. The van der Waals surface area contributed by atoms with Gasteiger partial charge in [0.15, 0.2) is 0 Å². The second-order valence-electron chi connectivity index (χ2n) is 1.54. The fraction of sp³-hybridized carbons (Fsp3) is 0.143. The molecule has 0 atom stereocenters. The molecule has 50 valence electrons. The molecular formula is C7H6N2S. The number of terminal acetylenes is 1. The molecule has 0 fully saturated rings. The van der Waals surface area contributed by atoms with E-state index in [9.17, 15) is 0 Å². The highest BCUT2D eigenvalue weighted by molar-refractivity contribution is 7.99. The highest BCUT2D eigenvalue weighted by Gasteiger charge is 1.89. The van der Waals surface area contributed by atoms with Crippen LogP contribution in [0.25, 0.3) is 0 Å². The zero-order valence-electron chi connectivity index (χ0n) is 5.32. The molecule has 1 heterocycles. The number of hydrogen-bond acceptors (Lipinski definition) is 3. The van der Waals surface area contributed by atoms with E-state index in [1.807, 2.05) is 0 Å². The number of thioether (sulfide) groups is 1. The maximum Gasteiger partial charge on any atom is 0.115 e. The third kappa shape index (κ3) is 2.08. The summed E-state index contributed by atoms with van der Waals surface area (Å²) in [6, 6.07) is 0. The van der Waals surface area contributed by atoms with E-state index in [0.29, 0.717) is 5.75 Å². The highest BCUT2D eigenvalue weighted by Crippen LogP contribution is 2.10. The molecule has 3 heteroatoms. The molecule has 0 radical (unpaired) electrons. The van der Waals surface area contributed by atoms with Crippen LogP contribution in [-0.4, -0.2) is 15.7 Å². The standard InChI is InChI=1S/C7H6N2S/c1-2-5-10-7-6-8-3-4-9-7/h1,3-4,6H,5H2. The van der Waals surface area contributed by atoms with Gasteiger partial charge in [0.1, 0.15) is 5.03 Å². The summed E-state index contributed by atoms with van der Waals surface area (Å²) in [4.78, 5) is 7.91. The predicted molar refractivity (Wildman–Crippen MR) is 41.6 cm³/mol. The van der Waals surface area contributed by atoms with Gasteiger partial charge < -0.3 is 0 Å². The largest absolute Gasteiger partial charge is 0.260 e. The molecule has 0 amide bonds. The van der Waals surface area contributed by atoms with Crippen molar-refractivity contribution in [2.24, 2.45) is 0 Å². The number of nitrogens with zero attached hydrogens (tertiary/aromatic N) is 2. The second-order valence-corrected chi connectivity index (χ2v) is 2.53. The topological polar surface area (TPSA) is 25.8 Å². The van der Waals surface area contributed by atoms with E-state index in [1.165, 1.54) is 11.8 Å². The van der Waals surface area contributed by atoms with Crippen molar-refractivity contribution in [2.45, 2.75) is 5.03 Å². The summed E-state index contributed by atoms with van der Waals surface area (Å²) >= 11 is 1.51. The Morgan fingerprint density at radius 1 is 1.60 bits per heavy atom. The Balaban J connectivity index is 2.52. The molecule has 1 aromatic heterocycles. The van der Waals surface area contributed by atoms with Crippen LogP contribution in [-0.2, 0) is 0 Å². The Kier molecular flexibility index (Phi) is 2.78. The molecule has 0 aliphatic heterocycles. The van der Waals surface area contributed by atoms with Gasteiger partial charge in [0, 0.05) is 12.4 Å². The van der Waals surface area contributed by atoms with Crippen LogP contribution in [0.5, 0.6) is 0 Å². The molecule has 0 saturated heterocycles. The average Bonchev–Trinajstić information content (AvgIpc) is 2.03. The number of hydrogen-bond donors (Lipinski definition) is 0. The second kappa shape index (κ2) is 3.91. The van der Waals surface area contributed by atoms with Crippen molar-refractivity contribution in [3.05, 3.63) is 18.6 Å². The summed E-state index contributed by atoms with van der Waals surface area (Å²) < 4.78 is 0. The summed E-state index contributed by atoms with van der Waals surface area (Å²) in [6.07, 6.45) is 10.0. The monoisotopic (exact) mass is 150 g/mol. The van der Waals surface area contributed by atoms with Crippen molar-refractivity contribution in [3.63, 3.8) is 0 Å². The van der Waals surface area contributed by atoms with Crippen molar-refractivity contribution in [2.75, 3.05) is 5.75 Å². The van der Waals surface area contributed by atoms with Crippen molar-refractivity contribution in [1.29, 1.82) is 0 Å². The Morgan fingerprint density at radius 3 is 3.10 bits per heavy atom. The van der Waals surface area contributed by atoms with Crippen LogP contribution in [0.15, 0.2) is 23.6 Å². The van der Waals surface area contributed by atoms with Gasteiger partial charge in [-0.05, 0) is 0 Å². The first-order chi connectivity index (χ1) is 4.93. The summed E-state index contributed by atoms with van der Waals surface area (Å²) in [5.41, 5.74) is 0. The normalized spacial score (nSPS) is 8.70. The minimum absolute atomic E-state index is 0.651. The van der Waals surface area contributed by atoms with E-state index in [1.54, 1.807) is 18.6 Å². The van der Waals surface area contributed by atoms with Gasteiger partial charge in [-0.3, -0.25) is 4.98 Å². The lowest BCUT2D eigenvalue weighted by Gasteiger charge is -1.91. The van der Waals surface area contributed by atoms with Crippen LogP contribution in [0.3, 0.4) is 0 Å². The molecule has 1 rings (SSSR count). The van der Waals surface area contributed by atoms with Crippen molar-refractivity contribution < 1.29 is 0 Å². The molecule has 2 nitrogen and oxygen atoms in total. The van der Waals surface area contributed by atoms with E-state index < -0.39 is 0 Å². The van der Waals surface area contributed by atoms with Gasteiger partial charge in [0.25, 0.3) is 0 Å². The third-order valence-electron chi connectivity index (χ3n) is 0.843. The van der Waals surface area contributed by atoms with Crippen LogP contribution < -0.4 is 0 Å². The van der Waals surface area contributed by atoms with Crippen LogP contribution in [0.2, 0.25) is 0 Å². The fourth-order valence-corrected chi connectivity index (χ4v) is 0.978. The Hall–Kier alpha value is -1.01. The molecule has 10 heavy (non-hydrogen) atoms. The maximum absolute atomic E-state index is 5.06. The lowest BCUT2D eigenvalue weighted by molar-refractivity contribution is 1.06. The zero-order valence-corrected chi connectivity index (χ0v) is 6.14. The van der Waals surface area contributed by atoms with Crippen LogP contribution >= 0.6 is 11.8 Å². The highest BCUT2D eigenvalue weighted by atomic mass is 32.2. The van der Waals surface area contributed by atoms with Crippen LogP contribution in [0.1, 0.15) is 0 Å². The molecule has 0 saturated carbocycles. The van der Waals surface area contributed by atoms with Crippen molar-refractivity contribution in [1.82, 2.24) is 9.97 Å². The van der Waals surface area contributed by atoms with Gasteiger partial charge in [0.05, 0.1) is 11.9 Å². The van der Waals surface area contributed by atoms with E-state index >= 15 is 0 Å². The van der Waals surface area contributed by atoms with Gasteiger partial charge in [-0.25, -0.2) is 4.98 Å². The lowest BCUT2D eigenvalue weighted by atomic mass is 10.8. The molecule has 0 unspecified atom stereocenters. The molecule has 0 aliphatic carbocycles. The van der Waals surface area contributed by atoms with Crippen molar-refractivity contribution >= 4 is 11.8 Å². The fourth-order valence-electron chi connectivity index (χ4n) is 0.476. The summed E-state index contributed by atoms with van der Waals surface area (Å²) in [6.45, 7) is 0. The molecule has 0 N–H and O–H groups in total. The minimum atomic E-state index is 0.651. The predicted octanol–water partition coefficient (Wildman–Crippen LogP) is 1.20. The molecule has 0 aliphatic rings. The van der Waals surface area contributed by atoms with Crippen molar-refractivity contribution in [3.8, 4) is 12.3 Å². The van der Waals surface area contributed by atoms with Gasteiger partial charge in [-0.15, -0.1) is 6.42 Å². The lowest BCUT2D eigenvalue weighted by Crippen LogP contribution is -1.80. The van der Waals surface area contributed by atoms with Gasteiger partial charge >= 0.3 is 0 Å². The zero-order chi connectivity index (χ0) is 7.23. The maximum atomic E-state index is 5.06. The Morgan fingerprint density at radius 2 is 2.50 bits per heavy atom. The summed E-state index contributed by atoms with van der Waals surface area (Å²) in [7, 11) is 0. The van der Waals surface area contributed by atoms with E-state index in [4.69, 9.17) is 6.42 Å². The Bertz CT molecular complexity index is 227.